The maximum atomic E-state index is 4.30. The highest BCUT2D eigenvalue weighted by Gasteiger charge is 1.90. The van der Waals surface area contributed by atoms with Gasteiger partial charge in [-0.2, -0.15) is 0 Å². The first-order chi connectivity index (χ1) is 6.77. The first-order valence-electron chi connectivity index (χ1n) is 5.41. The second kappa shape index (κ2) is 10.2. The lowest BCUT2D eigenvalue weighted by Gasteiger charge is -2.00. The first kappa shape index (κ1) is 13.1. The van der Waals surface area contributed by atoms with Gasteiger partial charge in [-0.3, -0.25) is 9.78 Å². The molecule has 1 heterocycles. The third-order valence-corrected chi connectivity index (χ3v) is 1.82. The van der Waals surface area contributed by atoms with Crippen LogP contribution < -0.4 is 0 Å². The van der Waals surface area contributed by atoms with Crippen molar-refractivity contribution in [1.82, 2.24) is 0 Å². The Bertz CT molecular complexity index is 148. The Balaban J connectivity index is 0.000000249. The molecule has 0 spiro atoms. The van der Waals surface area contributed by atoms with Gasteiger partial charge in [0.25, 0.3) is 0 Å². The molecule has 14 heavy (non-hydrogen) atoms. The highest BCUT2D eigenvalue weighted by molar-refractivity contribution is 4.97. The number of unbranched alkanes of at least 4 members (excludes halogenated alkanes) is 2. The Morgan fingerprint density at radius 3 is 1.86 bits per heavy atom. The Hall–Kier alpha value is -0.920. The van der Waals surface area contributed by atoms with Gasteiger partial charge in [0, 0.05) is 0 Å². The molecule has 0 unspecified atom stereocenters. The lowest BCUT2D eigenvalue weighted by molar-refractivity contribution is -0.198. The van der Waals surface area contributed by atoms with Crippen LogP contribution in [0.1, 0.15) is 46.5 Å². The Kier molecular flexibility index (Phi) is 9.49. The molecular weight excluding hydrogens is 176 g/mol. The molecule has 0 radical (unpaired) electrons. The quantitative estimate of drug-likeness (QED) is 0.498. The third kappa shape index (κ3) is 11.1. The van der Waals surface area contributed by atoms with Gasteiger partial charge >= 0.3 is 0 Å². The Morgan fingerprint density at radius 2 is 1.57 bits per heavy atom. The summed E-state index contributed by atoms with van der Waals surface area (Å²) in [5.41, 5.74) is 0. The van der Waals surface area contributed by atoms with Crippen LogP contribution in [0.3, 0.4) is 0 Å². The molecule has 0 saturated heterocycles. The Morgan fingerprint density at radius 1 is 1.00 bits per heavy atom. The van der Waals surface area contributed by atoms with Crippen LogP contribution in [0.5, 0.6) is 0 Å². The van der Waals surface area contributed by atoms with Crippen molar-refractivity contribution in [2.75, 3.05) is 0 Å². The minimum Gasteiger partial charge on any atom is -0.299 e. The second-order valence-electron chi connectivity index (χ2n) is 3.74. The normalized spacial score (nSPS) is 12.9. The van der Waals surface area contributed by atoms with E-state index in [4.69, 9.17) is 0 Å². The van der Waals surface area contributed by atoms with Crippen molar-refractivity contribution in [1.29, 1.82) is 0 Å². The fraction of sp³-hybridized carbons (Fsp3) is 0.667. The predicted molar refractivity (Wildman–Crippen MR) is 59.4 cm³/mol. The van der Waals surface area contributed by atoms with Crippen molar-refractivity contribution in [3.8, 4) is 0 Å². The van der Waals surface area contributed by atoms with Gasteiger partial charge in [0.1, 0.15) is 12.5 Å². The van der Waals surface area contributed by atoms with Gasteiger partial charge in [-0.25, -0.2) is 0 Å². The highest BCUT2D eigenvalue weighted by atomic mass is 17.2. The molecule has 1 rings (SSSR count). The van der Waals surface area contributed by atoms with Crippen LogP contribution in [0.15, 0.2) is 24.7 Å². The monoisotopic (exact) mass is 198 g/mol. The fourth-order valence-electron chi connectivity index (χ4n) is 1.02. The van der Waals surface area contributed by atoms with Gasteiger partial charge < -0.3 is 0 Å². The number of rotatable bonds is 4. The van der Waals surface area contributed by atoms with Crippen molar-refractivity contribution >= 4 is 0 Å². The molecule has 2 nitrogen and oxygen atoms in total. The molecule has 0 atom stereocenters. The van der Waals surface area contributed by atoms with Gasteiger partial charge in [-0.1, -0.05) is 46.5 Å². The van der Waals surface area contributed by atoms with E-state index in [1.807, 2.05) is 0 Å². The fourth-order valence-corrected chi connectivity index (χ4v) is 1.02. The van der Waals surface area contributed by atoms with Crippen molar-refractivity contribution in [2.45, 2.75) is 46.5 Å². The summed E-state index contributed by atoms with van der Waals surface area (Å²) in [4.78, 5) is 8.60. The van der Waals surface area contributed by atoms with Gasteiger partial charge in [0.2, 0.25) is 0 Å². The smallest absolute Gasteiger partial charge is 0.142 e. The predicted octanol–water partition coefficient (Wildman–Crippen LogP) is 4.20. The molecule has 0 bridgehead atoms. The van der Waals surface area contributed by atoms with Crippen LogP contribution in [-0.4, -0.2) is 0 Å². The minimum absolute atomic E-state index is 0.904. The summed E-state index contributed by atoms with van der Waals surface area (Å²) in [5.74, 6) is 0.904. The summed E-state index contributed by atoms with van der Waals surface area (Å²) in [6, 6.07) is 0. The van der Waals surface area contributed by atoms with Crippen LogP contribution in [0.2, 0.25) is 0 Å². The summed E-state index contributed by atoms with van der Waals surface area (Å²) in [6.07, 6.45) is 12.0. The van der Waals surface area contributed by atoms with E-state index in [1.165, 1.54) is 38.2 Å². The summed E-state index contributed by atoms with van der Waals surface area (Å²) >= 11 is 0. The SMILES string of the molecule is C1=COOC=C1.CCCCCC(C)C. The molecule has 0 N–H and O–H groups in total. The summed E-state index contributed by atoms with van der Waals surface area (Å²) in [6.45, 7) is 6.83. The Labute approximate surface area is 87.5 Å². The summed E-state index contributed by atoms with van der Waals surface area (Å²) in [7, 11) is 0. The molecule has 82 valence electrons. The van der Waals surface area contributed by atoms with Crippen LogP contribution in [0.25, 0.3) is 0 Å². The van der Waals surface area contributed by atoms with E-state index in [1.54, 1.807) is 12.2 Å². The van der Waals surface area contributed by atoms with E-state index in [2.05, 4.69) is 30.5 Å². The van der Waals surface area contributed by atoms with Crippen molar-refractivity contribution in [2.24, 2.45) is 5.92 Å². The molecule has 1 aliphatic heterocycles. The second-order valence-corrected chi connectivity index (χ2v) is 3.74. The zero-order valence-corrected chi connectivity index (χ0v) is 9.53. The standard InChI is InChI=1S/C8H18.C4H4O2/c1-4-5-6-7-8(2)3;1-2-4-6-5-3-1/h8H,4-7H2,1-3H3;1-4H. The number of hydrogen-bond donors (Lipinski definition) is 0. The zero-order valence-electron chi connectivity index (χ0n) is 9.53. The lowest BCUT2D eigenvalue weighted by atomic mass is 10.1. The van der Waals surface area contributed by atoms with Crippen molar-refractivity contribution in [3.63, 3.8) is 0 Å². The first-order valence-corrected chi connectivity index (χ1v) is 5.41. The lowest BCUT2D eigenvalue weighted by Crippen LogP contribution is -1.85. The molecule has 0 aromatic heterocycles. The summed E-state index contributed by atoms with van der Waals surface area (Å²) < 4.78 is 0. The van der Waals surface area contributed by atoms with Crippen LogP contribution in [-0.2, 0) is 9.78 Å². The van der Waals surface area contributed by atoms with E-state index in [-0.39, 0.29) is 0 Å². The maximum Gasteiger partial charge on any atom is 0.142 e. The van der Waals surface area contributed by atoms with Crippen LogP contribution in [0, 0.1) is 5.92 Å². The van der Waals surface area contributed by atoms with Gasteiger partial charge in [0.05, 0.1) is 0 Å². The molecule has 0 amide bonds. The highest BCUT2D eigenvalue weighted by Crippen LogP contribution is 2.06. The molecule has 0 aliphatic carbocycles. The molecule has 2 heteroatoms. The van der Waals surface area contributed by atoms with Gasteiger partial charge in [-0.05, 0) is 18.1 Å². The van der Waals surface area contributed by atoms with E-state index < -0.39 is 0 Å². The van der Waals surface area contributed by atoms with E-state index in [9.17, 15) is 0 Å². The largest absolute Gasteiger partial charge is 0.299 e. The topological polar surface area (TPSA) is 18.5 Å². The third-order valence-electron chi connectivity index (χ3n) is 1.82. The maximum absolute atomic E-state index is 4.30. The summed E-state index contributed by atoms with van der Waals surface area (Å²) in [5, 5.41) is 0. The minimum atomic E-state index is 0.904. The zero-order chi connectivity index (χ0) is 10.6. The molecule has 0 aromatic carbocycles. The number of hydrogen-bond acceptors (Lipinski definition) is 2. The van der Waals surface area contributed by atoms with E-state index >= 15 is 0 Å². The van der Waals surface area contributed by atoms with Crippen molar-refractivity contribution in [3.05, 3.63) is 24.7 Å². The van der Waals surface area contributed by atoms with Gasteiger partial charge in [0.15, 0.2) is 0 Å². The molecular formula is C12H22O2. The van der Waals surface area contributed by atoms with Gasteiger partial charge in [-0.15, -0.1) is 0 Å². The average molecular weight is 198 g/mol. The van der Waals surface area contributed by atoms with E-state index in [0.717, 1.165) is 5.92 Å². The average Bonchev–Trinajstić information content (AvgIpc) is 2.21. The molecule has 1 aliphatic rings. The molecule has 0 aromatic rings. The van der Waals surface area contributed by atoms with Crippen LogP contribution in [0.4, 0.5) is 0 Å². The molecule has 0 fully saturated rings. The van der Waals surface area contributed by atoms with Crippen LogP contribution >= 0.6 is 0 Å². The van der Waals surface area contributed by atoms with Crippen molar-refractivity contribution < 1.29 is 9.78 Å². The van der Waals surface area contributed by atoms with E-state index in [0.29, 0.717) is 0 Å². The molecule has 0 saturated carbocycles. The number of allylic oxidation sites excluding steroid dienone is 2.